The van der Waals surface area contributed by atoms with E-state index in [0.717, 1.165) is 6.42 Å². The molecule has 1 aromatic carbocycles. The van der Waals surface area contributed by atoms with E-state index in [0.29, 0.717) is 29.9 Å². The summed E-state index contributed by atoms with van der Waals surface area (Å²) < 4.78 is 34.3. The lowest BCUT2D eigenvalue weighted by Gasteiger charge is -2.14. The average Bonchev–Trinajstić information content (AvgIpc) is 2.90. The van der Waals surface area contributed by atoms with E-state index in [-0.39, 0.29) is 11.0 Å². The van der Waals surface area contributed by atoms with Gasteiger partial charge < -0.3 is 9.47 Å². The molecule has 0 saturated carbocycles. The van der Waals surface area contributed by atoms with Crippen LogP contribution in [0, 0.1) is 0 Å². The smallest absolute Gasteiger partial charge is 0.240 e. The molecule has 1 aliphatic rings. The number of nitrogens with two attached hydrogens (primary N) is 1. The van der Waals surface area contributed by atoms with Crippen LogP contribution in [0.3, 0.4) is 0 Å². The molecule has 1 unspecified atom stereocenters. The molecule has 0 spiro atoms. The first-order chi connectivity index (χ1) is 9.55. The normalized spacial score (nSPS) is 19.4. The Balaban J connectivity index is 2.11. The second-order valence-electron chi connectivity index (χ2n) is 4.61. The van der Waals surface area contributed by atoms with Crippen LogP contribution < -0.4 is 9.88 Å². The molecule has 3 rings (SSSR count). The number of rotatable bonds is 3. The lowest BCUT2D eigenvalue weighted by molar-refractivity contribution is 0.142. The fraction of sp³-hybridized carbons (Fsp3) is 0.308. The van der Waals surface area contributed by atoms with Crippen LogP contribution in [0.1, 0.15) is 6.42 Å². The van der Waals surface area contributed by atoms with Crippen molar-refractivity contribution in [3.8, 4) is 5.75 Å². The van der Waals surface area contributed by atoms with Gasteiger partial charge in [-0.2, -0.15) is 0 Å². The van der Waals surface area contributed by atoms with Gasteiger partial charge in [-0.1, -0.05) is 0 Å². The minimum atomic E-state index is -3.82. The van der Waals surface area contributed by atoms with Crippen molar-refractivity contribution in [1.82, 2.24) is 4.98 Å². The quantitative estimate of drug-likeness (QED) is 0.913. The molecule has 1 saturated heterocycles. The third-order valence-electron chi connectivity index (χ3n) is 3.18. The number of aromatic nitrogens is 1. The molecule has 1 fully saturated rings. The Hall–Kier alpha value is -1.70. The number of benzene rings is 1. The minimum absolute atomic E-state index is 0.00289. The van der Waals surface area contributed by atoms with Crippen LogP contribution in [0.2, 0.25) is 0 Å². The molecule has 2 heterocycles. The van der Waals surface area contributed by atoms with Gasteiger partial charge in [0.1, 0.15) is 16.7 Å². The van der Waals surface area contributed by atoms with Gasteiger partial charge in [0.15, 0.2) is 0 Å². The van der Waals surface area contributed by atoms with E-state index in [1.165, 1.54) is 12.3 Å². The third-order valence-corrected chi connectivity index (χ3v) is 4.12. The van der Waals surface area contributed by atoms with Crippen molar-refractivity contribution in [1.29, 1.82) is 0 Å². The maximum Gasteiger partial charge on any atom is 0.240 e. The van der Waals surface area contributed by atoms with Gasteiger partial charge in [0, 0.05) is 18.0 Å². The summed E-state index contributed by atoms with van der Waals surface area (Å²) >= 11 is 0. The van der Waals surface area contributed by atoms with Crippen molar-refractivity contribution >= 4 is 20.9 Å². The van der Waals surface area contributed by atoms with Gasteiger partial charge in [-0.15, -0.1) is 0 Å². The predicted octanol–water partition coefficient (Wildman–Crippen LogP) is 1.05. The zero-order chi connectivity index (χ0) is 14.2. The Bertz CT molecular complexity index is 739. The molecule has 0 radical (unpaired) electrons. The highest BCUT2D eigenvalue weighted by atomic mass is 32.2. The van der Waals surface area contributed by atoms with Crippen LogP contribution in [-0.4, -0.2) is 32.7 Å². The second kappa shape index (κ2) is 5.01. The summed E-state index contributed by atoms with van der Waals surface area (Å²) in [5.41, 5.74) is 0.325. The number of hydrogen-bond donors (Lipinski definition) is 1. The Morgan fingerprint density at radius 3 is 2.90 bits per heavy atom. The highest BCUT2D eigenvalue weighted by molar-refractivity contribution is 7.89. The SMILES string of the molecule is NS(=O)(=O)c1ccc(OC2CCOC2)c2cccnc12. The van der Waals surface area contributed by atoms with Crippen molar-refractivity contribution in [3.63, 3.8) is 0 Å². The van der Waals surface area contributed by atoms with Gasteiger partial charge >= 0.3 is 0 Å². The zero-order valence-corrected chi connectivity index (χ0v) is 11.5. The van der Waals surface area contributed by atoms with Gasteiger partial charge in [0.05, 0.1) is 18.7 Å². The molecule has 7 heteroatoms. The maximum absolute atomic E-state index is 11.6. The van der Waals surface area contributed by atoms with Crippen LogP contribution in [0.25, 0.3) is 10.9 Å². The molecule has 6 nitrogen and oxygen atoms in total. The number of primary sulfonamides is 1. The van der Waals surface area contributed by atoms with Crippen molar-refractivity contribution in [2.75, 3.05) is 13.2 Å². The molecule has 2 aromatic rings. The molecular weight excluding hydrogens is 280 g/mol. The summed E-state index contributed by atoms with van der Waals surface area (Å²) in [5, 5.41) is 5.84. The largest absolute Gasteiger partial charge is 0.487 e. The second-order valence-corrected chi connectivity index (χ2v) is 6.14. The van der Waals surface area contributed by atoms with Crippen LogP contribution in [0.5, 0.6) is 5.75 Å². The monoisotopic (exact) mass is 294 g/mol. The van der Waals surface area contributed by atoms with Crippen molar-refractivity contribution in [2.45, 2.75) is 17.4 Å². The molecule has 1 atom stereocenters. The summed E-state index contributed by atoms with van der Waals surface area (Å²) in [6, 6.07) is 6.54. The average molecular weight is 294 g/mol. The molecule has 106 valence electrons. The molecule has 0 aliphatic carbocycles. The van der Waals surface area contributed by atoms with Crippen molar-refractivity contribution in [3.05, 3.63) is 30.5 Å². The van der Waals surface area contributed by atoms with Crippen LogP contribution in [-0.2, 0) is 14.8 Å². The van der Waals surface area contributed by atoms with Crippen LogP contribution >= 0.6 is 0 Å². The molecule has 0 bridgehead atoms. The van der Waals surface area contributed by atoms with E-state index in [9.17, 15) is 8.42 Å². The maximum atomic E-state index is 11.6. The van der Waals surface area contributed by atoms with Gasteiger partial charge in [-0.25, -0.2) is 13.6 Å². The molecule has 2 N–H and O–H groups in total. The zero-order valence-electron chi connectivity index (χ0n) is 10.7. The number of sulfonamides is 1. The molecule has 0 amide bonds. The van der Waals surface area contributed by atoms with E-state index in [4.69, 9.17) is 14.6 Å². The lowest BCUT2D eigenvalue weighted by Crippen LogP contribution is -2.17. The van der Waals surface area contributed by atoms with E-state index in [1.54, 1.807) is 18.2 Å². The number of pyridine rings is 1. The first-order valence-corrected chi connectivity index (χ1v) is 7.75. The number of ether oxygens (including phenoxy) is 2. The van der Waals surface area contributed by atoms with E-state index < -0.39 is 10.0 Å². The number of fused-ring (bicyclic) bond motifs is 1. The Kier molecular flexibility index (Phi) is 3.33. The summed E-state index contributed by atoms with van der Waals surface area (Å²) in [6.07, 6.45) is 2.33. The predicted molar refractivity (Wildman–Crippen MR) is 73.0 cm³/mol. The van der Waals surface area contributed by atoms with Gasteiger partial charge in [0.25, 0.3) is 0 Å². The van der Waals surface area contributed by atoms with E-state index >= 15 is 0 Å². The summed E-state index contributed by atoms with van der Waals surface area (Å²) in [6.45, 7) is 1.22. The summed E-state index contributed by atoms with van der Waals surface area (Å²) in [5.74, 6) is 0.594. The lowest BCUT2D eigenvalue weighted by atomic mass is 10.2. The Labute approximate surface area is 116 Å². The molecular formula is C13H14N2O4S. The topological polar surface area (TPSA) is 91.5 Å². The Morgan fingerprint density at radius 1 is 1.35 bits per heavy atom. The van der Waals surface area contributed by atoms with Gasteiger partial charge in [-0.05, 0) is 24.3 Å². The molecule has 20 heavy (non-hydrogen) atoms. The number of hydrogen-bond acceptors (Lipinski definition) is 5. The standard InChI is InChI=1S/C13H14N2O4S/c14-20(16,17)12-4-3-11(19-9-5-7-18-8-9)10-2-1-6-15-13(10)12/h1-4,6,9H,5,7-8H2,(H2,14,16,17). The van der Waals surface area contributed by atoms with Gasteiger partial charge in [-0.3, -0.25) is 4.98 Å². The fourth-order valence-corrected chi connectivity index (χ4v) is 2.93. The van der Waals surface area contributed by atoms with Gasteiger partial charge in [0.2, 0.25) is 10.0 Å². The third kappa shape index (κ3) is 2.47. The first kappa shape index (κ1) is 13.3. The Morgan fingerprint density at radius 2 is 2.20 bits per heavy atom. The van der Waals surface area contributed by atoms with Crippen molar-refractivity contribution < 1.29 is 17.9 Å². The molecule has 1 aliphatic heterocycles. The summed E-state index contributed by atoms with van der Waals surface area (Å²) in [4.78, 5) is 4.12. The highest BCUT2D eigenvalue weighted by Gasteiger charge is 2.20. The number of nitrogens with zero attached hydrogens (tertiary/aromatic N) is 1. The highest BCUT2D eigenvalue weighted by Crippen LogP contribution is 2.30. The first-order valence-electron chi connectivity index (χ1n) is 6.20. The minimum Gasteiger partial charge on any atom is -0.487 e. The van der Waals surface area contributed by atoms with Crippen LogP contribution in [0.4, 0.5) is 0 Å². The summed E-state index contributed by atoms with van der Waals surface area (Å²) in [7, 11) is -3.82. The van der Waals surface area contributed by atoms with Crippen LogP contribution in [0.15, 0.2) is 35.4 Å². The molecule has 1 aromatic heterocycles. The fourth-order valence-electron chi connectivity index (χ4n) is 2.24. The van der Waals surface area contributed by atoms with Crippen molar-refractivity contribution in [2.24, 2.45) is 5.14 Å². The van der Waals surface area contributed by atoms with E-state index in [1.807, 2.05) is 0 Å². The van der Waals surface area contributed by atoms with E-state index in [2.05, 4.69) is 4.98 Å².